The van der Waals surface area contributed by atoms with Crippen molar-refractivity contribution in [2.75, 3.05) is 6.61 Å². The van der Waals surface area contributed by atoms with E-state index in [1.165, 1.54) is 18.2 Å². The van der Waals surface area contributed by atoms with Crippen LogP contribution in [0, 0.1) is 0 Å². The Kier molecular flexibility index (Phi) is 5.39. The number of carbonyl (C=O) groups is 1. The summed E-state index contributed by atoms with van der Waals surface area (Å²) in [4.78, 5) is 10.9. The predicted molar refractivity (Wildman–Crippen MR) is 73.8 cm³/mol. The number of rotatable bonds is 5. The number of ether oxygens (including phenoxy) is 2. The fourth-order valence-electron chi connectivity index (χ4n) is 2.27. The summed E-state index contributed by atoms with van der Waals surface area (Å²) < 4.78 is 10.6. The van der Waals surface area contributed by atoms with Crippen LogP contribution in [-0.4, -0.2) is 73.9 Å². The zero-order valence-electron chi connectivity index (χ0n) is 11.9. The largest absolute Gasteiger partial charge is 0.508 e. The highest BCUT2D eigenvalue weighted by Gasteiger charge is 2.44. The SMILES string of the molecule is O=C(O)Cc1cc(O)ccc1O[C@H]1O[C@@H](CO)[C@@H](O)[C@@H](O)[C@H]1O. The normalized spacial score (nSPS) is 30.9. The number of phenolic OH excluding ortho intramolecular Hbond substituents is 1. The fraction of sp³-hybridized carbons (Fsp3) is 0.500. The van der Waals surface area contributed by atoms with Gasteiger partial charge in [-0.3, -0.25) is 4.79 Å². The Balaban J connectivity index is 2.22. The lowest BCUT2D eigenvalue weighted by Gasteiger charge is -2.39. The van der Waals surface area contributed by atoms with Crippen molar-refractivity contribution in [3.8, 4) is 11.5 Å². The van der Waals surface area contributed by atoms with Gasteiger partial charge in [-0.15, -0.1) is 0 Å². The third-order valence-electron chi connectivity index (χ3n) is 3.48. The molecule has 0 aromatic heterocycles. The van der Waals surface area contributed by atoms with Gasteiger partial charge in [0.15, 0.2) is 0 Å². The van der Waals surface area contributed by atoms with Crippen molar-refractivity contribution in [2.45, 2.75) is 37.1 Å². The van der Waals surface area contributed by atoms with Crippen molar-refractivity contribution in [3.63, 3.8) is 0 Å². The van der Waals surface area contributed by atoms with Gasteiger partial charge >= 0.3 is 5.97 Å². The number of carboxylic acid groups (broad SMARTS) is 1. The van der Waals surface area contributed by atoms with Gasteiger partial charge in [-0.2, -0.15) is 0 Å². The molecule has 0 amide bonds. The van der Waals surface area contributed by atoms with Gasteiger partial charge in [0, 0.05) is 5.56 Å². The van der Waals surface area contributed by atoms with Crippen molar-refractivity contribution >= 4 is 5.97 Å². The number of phenols is 1. The van der Waals surface area contributed by atoms with E-state index >= 15 is 0 Å². The molecule has 1 aliphatic rings. The van der Waals surface area contributed by atoms with E-state index in [9.17, 15) is 25.2 Å². The molecule has 1 aliphatic heterocycles. The topological polar surface area (TPSA) is 157 Å². The molecule has 6 N–H and O–H groups in total. The quantitative estimate of drug-likeness (QED) is 0.366. The van der Waals surface area contributed by atoms with Crippen LogP contribution < -0.4 is 4.74 Å². The first-order chi connectivity index (χ1) is 10.8. The molecule has 0 unspecified atom stereocenters. The maximum absolute atomic E-state index is 10.9. The van der Waals surface area contributed by atoms with Crippen LogP contribution in [0.3, 0.4) is 0 Å². The lowest BCUT2D eigenvalue weighted by molar-refractivity contribution is -0.277. The molecule has 0 spiro atoms. The van der Waals surface area contributed by atoms with Gasteiger partial charge in [0.1, 0.15) is 35.9 Å². The Labute approximate surface area is 130 Å². The van der Waals surface area contributed by atoms with Crippen molar-refractivity contribution in [2.24, 2.45) is 0 Å². The molecule has 23 heavy (non-hydrogen) atoms. The number of aliphatic hydroxyl groups is 4. The first-order valence-electron chi connectivity index (χ1n) is 6.84. The summed E-state index contributed by atoms with van der Waals surface area (Å²) in [5.74, 6) is -1.30. The van der Waals surface area contributed by atoms with Gasteiger partial charge < -0.3 is 40.1 Å². The van der Waals surface area contributed by atoms with Crippen LogP contribution in [0.25, 0.3) is 0 Å². The van der Waals surface area contributed by atoms with Crippen LogP contribution in [0.1, 0.15) is 5.56 Å². The Morgan fingerprint density at radius 1 is 1.17 bits per heavy atom. The van der Waals surface area contributed by atoms with Gasteiger partial charge in [0.05, 0.1) is 13.0 Å². The molecule has 1 saturated heterocycles. The monoisotopic (exact) mass is 330 g/mol. The average molecular weight is 330 g/mol. The third kappa shape index (κ3) is 3.89. The number of aromatic hydroxyl groups is 1. The van der Waals surface area contributed by atoms with E-state index in [-0.39, 0.29) is 17.1 Å². The molecule has 0 aliphatic carbocycles. The summed E-state index contributed by atoms with van der Waals surface area (Å²) in [6.07, 6.45) is -7.75. The number of benzene rings is 1. The second-order valence-corrected chi connectivity index (χ2v) is 5.18. The van der Waals surface area contributed by atoms with E-state index in [0.29, 0.717) is 0 Å². The van der Waals surface area contributed by atoms with Crippen LogP contribution in [-0.2, 0) is 16.0 Å². The Hall–Kier alpha value is -1.91. The van der Waals surface area contributed by atoms with E-state index in [1.807, 2.05) is 0 Å². The molecule has 0 bridgehead atoms. The summed E-state index contributed by atoms with van der Waals surface area (Å²) >= 11 is 0. The minimum Gasteiger partial charge on any atom is -0.508 e. The molecule has 1 fully saturated rings. The Bertz CT molecular complexity index is 559. The summed E-state index contributed by atoms with van der Waals surface area (Å²) in [6, 6.07) is 3.73. The molecule has 9 nitrogen and oxygen atoms in total. The fourth-order valence-corrected chi connectivity index (χ4v) is 2.27. The van der Waals surface area contributed by atoms with Crippen LogP contribution in [0.2, 0.25) is 0 Å². The van der Waals surface area contributed by atoms with Gasteiger partial charge in [-0.1, -0.05) is 0 Å². The molecule has 5 atom stereocenters. The third-order valence-corrected chi connectivity index (χ3v) is 3.48. The number of hydrogen-bond donors (Lipinski definition) is 6. The van der Waals surface area contributed by atoms with Gasteiger partial charge in [-0.25, -0.2) is 0 Å². The molecule has 0 radical (unpaired) electrons. The van der Waals surface area contributed by atoms with Crippen LogP contribution in [0.5, 0.6) is 11.5 Å². The van der Waals surface area contributed by atoms with E-state index in [0.717, 1.165) is 0 Å². The Morgan fingerprint density at radius 3 is 2.48 bits per heavy atom. The smallest absolute Gasteiger partial charge is 0.307 e. The Morgan fingerprint density at radius 2 is 1.87 bits per heavy atom. The minimum atomic E-state index is -1.61. The van der Waals surface area contributed by atoms with Gasteiger partial charge in [-0.05, 0) is 18.2 Å². The first-order valence-corrected chi connectivity index (χ1v) is 6.84. The molecule has 0 saturated carbocycles. The number of hydrogen-bond acceptors (Lipinski definition) is 8. The lowest BCUT2D eigenvalue weighted by Crippen LogP contribution is -2.60. The number of carboxylic acids is 1. The van der Waals surface area contributed by atoms with Gasteiger partial charge in [0.25, 0.3) is 0 Å². The lowest BCUT2D eigenvalue weighted by atomic mass is 9.99. The summed E-state index contributed by atoms with van der Waals surface area (Å²) in [5, 5.41) is 56.7. The zero-order valence-corrected chi connectivity index (χ0v) is 11.9. The predicted octanol–water partition coefficient (Wildman–Crippen LogP) is -1.80. The maximum Gasteiger partial charge on any atom is 0.307 e. The van der Waals surface area contributed by atoms with Crippen molar-refractivity contribution in [1.82, 2.24) is 0 Å². The summed E-state index contributed by atoms with van der Waals surface area (Å²) in [5.41, 5.74) is 0.134. The van der Waals surface area contributed by atoms with Gasteiger partial charge in [0.2, 0.25) is 6.29 Å². The van der Waals surface area contributed by atoms with Crippen molar-refractivity contribution in [3.05, 3.63) is 23.8 Å². The van der Waals surface area contributed by atoms with Crippen molar-refractivity contribution in [1.29, 1.82) is 0 Å². The minimum absolute atomic E-state index is 0.0227. The van der Waals surface area contributed by atoms with Crippen molar-refractivity contribution < 1.29 is 44.9 Å². The van der Waals surface area contributed by atoms with Crippen LogP contribution >= 0.6 is 0 Å². The number of aliphatic hydroxyl groups excluding tert-OH is 4. The van der Waals surface area contributed by atoms with Crippen LogP contribution in [0.15, 0.2) is 18.2 Å². The van der Waals surface area contributed by atoms with E-state index in [4.69, 9.17) is 19.7 Å². The molecule has 2 rings (SSSR count). The zero-order chi connectivity index (χ0) is 17.1. The highest BCUT2D eigenvalue weighted by atomic mass is 16.7. The van der Waals surface area contributed by atoms with E-state index < -0.39 is 49.7 Å². The average Bonchev–Trinajstić information content (AvgIpc) is 2.49. The molecule has 1 aromatic rings. The van der Waals surface area contributed by atoms with Crippen LogP contribution in [0.4, 0.5) is 0 Å². The highest BCUT2D eigenvalue weighted by molar-refractivity contribution is 5.71. The molecular weight excluding hydrogens is 312 g/mol. The van der Waals surface area contributed by atoms with E-state index in [2.05, 4.69) is 0 Å². The number of aliphatic carboxylic acids is 1. The first kappa shape index (κ1) is 17.4. The molecule has 1 aromatic carbocycles. The summed E-state index contributed by atoms with van der Waals surface area (Å²) in [7, 11) is 0. The molecule has 1 heterocycles. The second kappa shape index (κ2) is 7.11. The second-order valence-electron chi connectivity index (χ2n) is 5.18. The molecule has 9 heteroatoms. The summed E-state index contributed by atoms with van der Waals surface area (Å²) in [6.45, 7) is -0.609. The highest BCUT2D eigenvalue weighted by Crippen LogP contribution is 2.29. The molecule has 128 valence electrons. The maximum atomic E-state index is 10.9. The standard InChI is InChI=1S/C14H18O9/c15-5-9-11(19)12(20)13(21)14(23-9)22-8-2-1-7(16)3-6(8)4-10(17)18/h1-3,9,11-16,19-21H,4-5H2,(H,17,18)/t9-,11+,12+,13+,14-/m0/s1. The molecular formula is C14H18O9. The van der Waals surface area contributed by atoms with E-state index in [1.54, 1.807) is 0 Å².